The highest BCUT2D eigenvalue weighted by Gasteiger charge is 2.42. The molecular weight excluding hydrogens is 464 g/mol. The van der Waals surface area contributed by atoms with Crippen LogP contribution in [0.15, 0.2) is 34.7 Å². The lowest BCUT2D eigenvalue weighted by molar-refractivity contribution is -0.143. The van der Waals surface area contributed by atoms with Crippen molar-refractivity contribution in [1.29, 1.82) is 0 Å². The zero-order chi connectivity index (χ0) is 25.0. The number of fused-ring (bicyclic) bond motifs is 3. The predicted molar refractivity (Wildman–Crippen MR) is 121 cm³/mol. The fraction of sp³-hybridized carbons (Fsp3) is 0.455. The molecule has 184 valence electrons. The lowest BCUT2D eigenvalue weighted by atomic mass is 9.98. The maximum absolute atomic E-state index is 13.1. The van der Waals surface area contributed by atoms with Gasteiger partial charge in [-0.2, -0.15) is 0 Å². The first-order valence-corrected chi connectivity index (χ1v) is 12.4. The Morgan fingerprint density at radius 2 is 1.88 bits per heavy atom. The molecule has 0 radical (unpaired) electrons. The number of hydrogen-bond donors (Lipinski definition) is 3. The van der Waals surface area contributed by atoms with Crippen molar-refractivity contribution in [2.75, 3.05) is 13.2 Å². The molecule has 0 saturated carbocycles. The third kappa shape index (κ3) is 5.06. The molecule has 2 aliphatic heterocycles. The van der Waals surface area contributed by atoms with Gasteiger partial charge < -0.3 is 21.1 Å². The van der Waals surface area contributed by atoms with E-state index in [1.165, 1.54) is 17.3 Å². The topological polar surface area (TPSA) is 165 Å². The molecule has 1 aromatic carbocycles. The van der Waals surface area contributed by atoms with Crippen molar-refractivity contribution in [2.24, 2.45) is 5.73 Å². The van der Waals surface area contributed by atoms with Gasteiger partial charge in [0.05, 0.1) is 17.2 Å². The molecule has 2 aliphatic rings. The van der Waals surface area contributed by atoms with Gasteiger partial charge in [0.15, 0.2) is 0 Å². The SMILES string of the molecule is CCOC(=O)CC[C@@H](NC(=O)[C@H](C)NC(=O)C1=C2c3ccccc3S(=O)(=O)N2CCC1)C(N)=O. The van der Waals surface area contributed by atoms with Gasteiger partial charge in [-0.25, -0.2) is 8.42 Å². The summed E-state index contributed by atoms with van der Waals surface area (Å²) in [4.78, 5) is 49.0. The van der Waals surface area contributed by atoms with Crippen LogP contribution in [0.1, 0.15) is 45.1 Å². The number of benzene rings is 1. The van der Waals surface area contributed by atoms with Crippen molar-refractivity contribution >= 4 is 39.4 Å². The number of nitrogens with one attached hydrogen (secondary N) is 2. The van der Waals surface area contributed by atoms with E-state index in [0.717, 1.165) is 0 Å². The number of amides is 3. The van der Waals surface area contributed by atoms with Gasteiger partial charge in [0, 0.05) is 24.1 Å². The standard InChI is InChI=1S/C22H28N4O7S/c1-3-33-18(27)11-10-16(20(23)28)25-21(29)13(2)24-22(30)15-8-6-12-26-19(15)14-7-4-5-9-17(14)34(26,31)32/h4-5,7,9,13,16H,3,6,8,10-12H2,1-2H3,(H2,23,28)(H,24,30)(H,25,29)/t13-,16+/m0/s1. The van der Waals surface area contributed by atoms with Crippen LogP contribution < -0.4 is 16.4 Å². The number of sulfonamides is 1. The van der Waals surface area contributed by atoms with Crippen LogP contribution in [0.2, 0.25) is 0 Å². The van der Waals surface area contributed by atoms with Gasteiger partial charge in [-0.05, 0) is 39.2 Å². The van der Waals surface area contributed by atoms with E-state index in [2.05, 4.69) is 10.6 Å². The van der Waals surface area contributed by atoms with E-state index in [1.807, 2.05) is 0 Å². The Hall–Kier alpha value is -3.41. The summed E-state index contributed by atoms with van der Waals surface area (Å²) in [6.07, 6.45) is 0.652. The Bertz CT molecular complexity index is 1150. The summed E-state index contributed by atoms with van der Waals surface area (Å²) >= 11 is 0. The second-order valence-electron chi connectivity index (χ2n) is 8.01. The molecule has 0 unspecified atom stereocenters. The predicted octanol–water partition coefficient (Wildman–Crippen LogP) is 0.0139. The van der Waals surface area contributed by atoms with E-state index in [4.69, 9.17) is 10.5 Å². The Labute approximate surface area is 197 Å². The van der Waals surface area contributed by atoms with Crippen molar-refractivity contribution < 1.29 is 32.3 Å². The number of nitrogens with zero attached hydrogens (tertiary/aromatic N) is 1. The minimum atomic E-state index is -3.73. The Morgan fingerprint density at radius 1 is 1.18 bits per heavy atom. The van der Waals surface area contributed by atoms with Crippen molar-refractivity contribution in [2.45, 2.75) is 56.5 Å². The van der Waals surface area contributed by atoms with Crippen LogP contribution in [0.4, 0.5) is 0 Å². The summed E-state index contributed by atoms with van der Waals surface area (Å²) in [5, 5.41) is 5.01. The minimum absolute atomic E-state index is 0.0422. The van der Waals surface area contributed by atoms with E-state index in [-0.39, 0.29) is 36.5 Å². The molecule has 0 bridgehead atoms. The van der Waals surface area contributed by atoms with E-state index < -0.39 is 45.8 Å². The zero-order valence-corrected chi connectivity index (χ0v) is 19.8. The number of primary amides is 1. The lowest BCUT2D eigenvalue weighted by Gasteiger charge is -2.27. The molecule has 0 aromatic heterocycles. The van der Waals surface area contributed by atoms with Gasteiger partial charge in [0.2, 0.25) is 17.7 Å². The van der Waals surface area contributed by atoms with Crippen molar-refractivity contribution in [3.8, 4) is 0 Å². The van der Waals surface area contributed by atoms with Crippen LogP contribution >= 0.6 is 0 Å². The van der Waals surface area contributed by atoms with Gasteiger partial charge >= 0.3 is 5.97 Å². The normalized spacial score (nSPS) is 17.8. The molecular formula is C22H28N4O7S. The monoisotopic (exact) mass is 492 g/mol. The van der Waals surface area contributed by atoms with Crippen molar-refractivity contribution in [3.05, 3.63) is 35.4 Å². The van der Waals surface area contributed by atoms with Gasteiger partial charge in [-0.1, -0.05) is 18.2 Å². The molecule has 1 aromatic rings. The number of rotatable bonds is 9. The summed E-state index contributed by atoms with van der Waals surface area (Å²) in [6, 6.07) is 4.31. The number of esters is 1. The Balaban J connectivity index is 1.73. The number of ether oxygens (including phenoxy) is 1. The van der Waals surface area contributed by atoms with Crippen LogP contribution in [0, 0.1) is 0 Å². The molecule has 12 heteroatoms. The number of carbonyl (C=O) groups excluding carboxylic acids is 4. The van der Waals surface area contributed by atoms with Crippen LogP contribution in [-0.4, -0.2) is 61.6 Å². The molecule has 11 nitrogen and oxygen atoms in total. The van der Waals surface area contributed by atoms with Gasteiger partial charge in [0.25, 0.3) is 10.0 Å². The van der Waals surface area contributed by atoms with E-state index >= 15 is 0 Å². The maximum Gasteiger partial charge on any atom is 0.305 e. The largest absolute Gasteiger partial charge is 0.466 e. The fourth-order valence-corrected chi connectivity index (χ4v) is 5.72. The molecule has 3 amide bonds. The summed E-state index contributed by atoms with van der Waals surface area (Å²) in [7, 11) is -3.73. The maximum atomic E-state index is 13.1. The minimum Gasteiger partial charge on any atom is -0.466 e. The molecule has 2 heterocycles. The highest BCUT2D eigenvalue weighted by atomic mass is 32.2. The quantitative estimate of drug-likeness (QED) is 0.409. The van der Waals surface area contributed by atoms with Crippen molar-refractivity contribution in [3.63, 3.8) is 0 Å². The first-order valence-electron chi connectivity index (χ1n) is 11.0. The van der Waals surface area contributed by atoms with Gasteiger partial charge in [-0.3, -0.25) is 23.5 Å². The first-order chi connectivity index (χ1) is 16.1. The Kier molecular flexibility index (Phi) is 7.60. The third-order valence-electron chi connectivity index (χ3n) is 5.65. The van der Waals surface area contributed by atoms with E-state index in [1.54, 1.807) is 25.1 Å². The summed E-state index contributed by atoms with van der Waals surface area (Å²) < 4.78 is 31.8. The summed E-state index contributed by atoms with van der Waals surface area (Å²) in [6.45, 7) is 3.54. The van der Waals surface area contributed by atoms with E-state index in [0.29, 0.717) is 24.1 Å². The second-order valence-corrected chi connectivity index (χ2v) is 9.84. The summed E-state index contributed by atoms with van der Waals surface area (Å²) in [5.41, 5.74) is 6.39. The summed E-state index contributed by atoms with van der Waals surface area (Å²) in [5.74, 6) is -2.58. The van der Waals surface area contributed by atoms with Crippen molar-refractivity contribution in [1.82, 2.24) is 14.9 Å². The molecule has 2 atom stereocenters. The molecule has 0 aliphatic carbocycles. The smallest absolute Gasteiger partial charge is 0.305 e. The second kappa shape index (κ2) is 10.2. The first kappa shape index (κ1) is 25.2. The number of carbonyl (C=O) groups is 4. The van der Waals surface area contributed by atoms with Gasteiger partial charge in [0.1, 0.15) is 12.1 Å². The number of hydrogen-bond acceptors (Lipinski definition) is 7. The molecule has 0 fully saturated rings. The average molecular weight is 493 g/mol. The van der Waals surface area contributed by atoms with Gasteiger partial charge in [-0.15, -0.1) is 0 Å². The average Bonchev–Trinajstić information content (AvgIpc) is 3.03. The van der Waals surface area contributed by atoms with Crippen LogP contribution in [0.3, 0.4) is 0 Å². The number of nitrogens with two attached hydrogens (primary N) is 1. The third-order valence-corrected chi connectivity index (χ3v) is 7.51. The fourth-order valence-electron chi connectivity index (χ4n) is 3.97. The molecule has 3 rings (SSSR count). The Morgan fingerprint density at radius 3 is 2.56 bits per heavy atom. The molecule has 0 spiro atoms. The molecule has 0 saturated heterocycles. The highest BCUT2D eigenvalue weighted by Crippen LogP contribution is 2.43. The van der Waals surface area contributed by atoms with Crippen LogP contribution in [0.25, 0.3) is 5.70 Å². The van der Waals surface area contributed by atoms with Crippen LogP contribution in [-0.2, 0) is 33.9 Å². The highest BCUT2D eigenvalue weighted by molar-refractivity contribution is 7.90. The van der Waals surface area contributed by atoms with E-state index in [9.17, 15) is 27.6 Å². The molecule has 4 N–H and O–H groups in total. The zero-order valence-electron chi connectivity index (χ0n) is 19.0. The van der Waals surface area contributed by atoms with Crippen LogP contribution in [0.5, 0.6) is 0 Å². The lowest BCUT2D eigenvalue weighted by Crippen LogP contribution is -2.52. The molecule has 34 heavy (non-hydrogen) atoms.